The van der Waals surface area contributed by atoms with Crippen LogP contribution in [0, 0.1) is 5.41 Å². The Balaban J connectivity index is -0.000000177. The van der Waals surface area contributed by atoms with Gasteiger partial charge in [0, 0.05) is 5.41 Å². The summed E-state index contributed by atoms with van der Waals surface area (Å²) in [4.78, 5) is 7.04. The van der Waals surface area contributed by atoms with E-state index in [-0.39, 0.29) is 25.3 Å². The van der Waals surface area contributed by atoms with Crippen molar-refractivity contribution in [1.29, 1.82) is 0 Å². The van der Waals surface area contributed by atoms with Gasteiger partial charge in [-0.05, 0) is 4.57 Å². The Kier molecular flexibility index (Phi) is 16.2. The van der Waals surface area contributed by atoms with Crippen LogP contribution in [0.2, 0.25) is 0 Å². The molecule has 12 heavy (non-hydrogen) atoms. The summed E-state index contributed by atoms with van der Waals surface area (Å²) in [7, 11) is -1.17. The molecule has 6 N–H and O–H groups in total. The molecule has 0 aliphatic heterocycles. The molecular formula is C5H16O6P+. The van der Waals surface area contributed by atoms with Crippen LogP contribution in [-0.2, 0) is 4.57 Å². The second-order valence-electron chi connectivity index (χ2n) is 2.38. The van der Waals surface area contributed by atoms with Crippen molar-refractivity contribution in [2.45, 2.75) is 6.92 Å². The van der Waals surface area contributed by atoms with E-state index in [1.165, 1.54) is 0 Å². The lowest BCUT2D eigenvalue weighted by molar-refractivity contribution is 0.0200. The molecule has 0 aromatic rings. The summed E-state index contributed by atoms with van der Waals surface area (Å²) in [6, 6.07) is 0. The maximum Gasteiger partial charge on any atom is 0.491 e. The second kappa shape index (κ2) is 10.9. The molecular weight excluding hydrogens is 187 g/mol. The molecule has 0 rings (SSSR count). The first-order chi connectivity index (χ1) is 5.10. The van der Waals surface area contributed by atoms with Gasteiger partial charge in [-0.1, -0.05) is 6.92 Å². The van der Waals surface area contributed by atoms with Gasteiger partial charge in [-0.15, -0.1) is 0 Å². The third kappa shape index (κ3) is 9.90. The van der Waals surface area contributed by atoms with Crippen LogP contribution in [0.25, 0.3) is 0 Å². The van der Waals surface area contributed by atoms with E-state index < -0.39 is 14.1 Å². The van der Waals surface area contributed by atoms with Gasteiger partial charge in [-0.25, -0.2) is 0 Å². The molecule has 0 heterocycles. The van der Waals surface area contributed by atoms with Gasteiger partial charge in [-0.2, -0.15) is 4.89 Å². The van der Waals surface area contributed by atoms with Gasteiger partial charge >= 0.3 is 8.69 Å². The van der Waals surface area contributed by atoms with Crippen molar-refractivity contribution in [2.24, 2.45) is 5.41 Å². The summed E-state index contributed by atoms with van der Waals surface area (Å²) in [5.74, 6) is 0. The van der Waals surface area contributed by atoms with E-state index in [2.05, 4.69) is 0 Å². The first-order valence-electron chi connectivity index (χ1n) is 2.94. The third-order valence-corrected chi connectivity index (χ3v) is 1.15. The lowest BCUT2D eigenvalue weighted by Gasteiger charge is -2.20. The third-order valence-electron chi connectivity index (χ3n) is 1.15. The first-order valence-corrected chi connectivity index (χ1v) is 3.79. The summed E-state index contributed by atoms with van der Waals surface area (Å²) in [6.45, 7) is 1.06. The van der Waals surface area contributed by atoms with Crippen LogP contribution >= 0.6 is 8.69 Å². The van der Waals surface area contributed by atoms with Gasteiger partial charge < -0.3 is 20.8 Å². The number of aliphatic hydroxyl groups is 3. The van der Waals surface area contributed by atoms with Crippen LogP contribution in [0.5, 0.6) is 0 Å². The zero-order valence-corrected chi connectivity index (χ0v) is 7.82. The van der Waals surface area contributed by atoms with Crippen molar-refractivity contribution in [2.75, 3.05) is 19.8 Å². The van der Waals surface area contributed by atoms with Crippen molar-refractivity contribution in [3.63, 3.8) is 0 Å². The Morgan fingerprint density at radius 1 is 1.17 bits per heavy atom. The van der Waals surface area contributed by atoms with Crippen LogP contribution in [0.4, 0.5) is 0 Å². The Morgan fingerprint density at radius 2 is 1.33 bits per heavy atom. The minimum absolute atomic E-state index is 0. The largest absolute Gasteiger partial charge is 0.491 e. The number of rotatable bonds is 3. The summed E-state index contributed by atoms with van der Waals surface area (Å²) in [5, 5.41) is 25.4. The Morgan fingerprint density at radius 3 is 1.33 bits per heavy atom. The topological polar surface area (TPSA) is 129 Å². The molecule has 6 nitrogen and oxygen atoms in total. The maximum absolute atomic E-state index is 8.51. The number of aliphatic hydroxyl groups excluding tert-OH is 3. The number of hydrogen-bond donors (Lipinski definition) is 4. The van der Waals surface area contributed by atoms with Gasteiger partial charge in [0.25, 0.3) is 0 Å². The molecule has 0 bridgehead atoms. The highest BCUT2D eigenvalue weighted by molar-refractivity contribution is 7.16. The van der Waals surface area contributed by atoms with Gasteiger partial charge in [0.2, 0.25) is 0 Å². The molecule has 0 aromatic heterocycles. The minimum atomic E-state index is -1.17. The zero-order chi connectivity index (χ0) is 9.33. The highest BCUT2D eigenvalue weighted by Gasteiger charge is 2.20. The van der Waals surface area contributed by atoms with Gasteiger partial charge in [0.1, 0.15) is 0 Å². The molecule has 76 valence electrons. The first kappa shape index (κ1) is 17.8. The van der Waals surface area contributed by atoms with Crippen molar-refractivity contribution in [1.82, 2.24) is 0 Å². The quantitative estimate of drug-likeness (QED) is 0.396. The lowest BCUT2D eigenvalue weighted by atomic mass is 9.95. The Hall–Kier alpha value is -0.100. The van der Waals surface area contributed by atoms with Crippen molar-refractivity contribution < 1.29 is 30.3 Å². The van der Waals surface area contributed by atoms with E-state index in [0.717, 1.165) is 0 Å². The monoisotopic (exact) mass is 203 g/mol. The lowest BCUT2D eigenvalue weighted by Crippen LogP contribution is -2.29. The highest BCUT2D eigenvalue weighted by atomic mass is 31.1. The SMILES string of the molecule is CC(CO)(CO)CO.O.O=[PH+]O. The molecule has 0 spiro atoms. The zero-order valence-electron chi connectivity index (χ0n) is 6.82. The van der Waals surface area contributed by atoms with E-state index in [1.54, 1.807) is 6.92 Å². The van der Waals surface area contributed by atoms with E-state index >= 15 is 0 Å². The van der Waals surface area contributed by atoms with E-state index in [1.807, 2.05) is 0 Å². The van der Waals surface area contributed by atoms with Crippen molar-refractivity contribution in [3.05, 3.63) is 0 Å². The average Bonchev–Trinajstić information content (AvgIpc) is 2.05. The molecule has 1 unspecified atom stereocenters. The predicted molar refractivity (Wildman–Crippen MR) is 44.2 cm³/mol. The van der Waals surface area contributed by atoms with E-state index in [9.17, 15) is 0 Å². The normalized spacial score (nSPS) is 9.75. The summed E-state index contributed by atoms with van der Waals surface area (Å²) in [6.07, 6.45) is 0. The van der Waals surface area contributed by atoms with Crippen molar-refractivity contribution in [3.8, 4) is 0 Å². The molecule has 0 aromatic carbocycles. The molecule has 0 aliphatic carbocycles. The standard InChI is InChI=1S/C5H12O3.HO2P.H2O/c1-5(2-6,3-7)4-8;1-3-2;/h6-8H,2-4H2,1H3;3H;1H2/p+1. The molecule has 1 atom stereocenters. The fourth-order valence-corrected chi connectivity index (χ4v) is 0.150. The van der Waals surface area contributed by atoms with Crippen LogP contribution in [0.1, 0.15) is 6.92 Å². The summed E-state index contributed by atoms with van der Waals surface area (Å²) < 4.78 is 8.51. The van der Waals surface area contributed by atoms with Gasteiger partial charge in [0.05, 0.1) is 19.8 Å². The average molecular weight is 203 g/mol. The maximum atomic E-state index is 8.51. The van der Waals surface area contributed by atoms with Crippen LogP contribution in [0.3, 0.4) is 0 Å². The smallest absolute Gasteiger partial charge is 0.412 e. The Bertz CT molecular complexity index is 85.7. The Labute approximate surface area is 72.1 Å². The number of hydrogen-bond acceptors (Lipinski definition) is 4. The molecule has 0 saturated carbocycles. The van der Waals surface area contributed by atoms with E-state index in [0.29, 0.717) is 0 Å². The summed E-state index contributed by atoms with van der Waals surface area (Å²) in [5.41, 5.74) is -0.708. The molecule has 0 aliphatic rings. The fraction of sp³-hybridized carbons (Fsp3) is 1.00. The van der Waals surface area contributed by atoms with Crippen LogP contribution in [0.15, 0.2) is 0 Å². The minimum Gasteiger partial charge on any atom is -0.412 e. The predicted octanol–water partition coefficient (Wildman–Crippen LogP) is -1.94. The molecule has 0 amide bonds. The molecule has 0 fully saturated rings. The fourth-order valence-electron chi connectivity index (χ4n) is 0.150. The molecule has 7 heteroatoms. The highest BCUT2D eigenvalue weighted by Crippen LogP contribution is 2.10. The molecule has 0 radical (unpaired) electrons. The summed E-state index contributed by atoms with van der Waals surface area (Å²) >= 11 is 0. The van der Waals surface area contributed by atoms with Crippen molar-refractivity contribution >= 4 is 8.69 Å². The van der Waals surface area contributed by atoms with Gasteiger partial charge in [0.15, 0.2) is 0 Å². The van der Waals surface area contributed by atoms with E-state index in [4.69, 9.17) is 24.8 Å². The second-order valence-corrected chi connectivity index (χ2v) is 2.56. The van der Waals surface area contributed by atoms with Crippen LogP contribution < -0.4 is 0 Å². The van der Waals surface area contributed by atoms with Crippen LogP contribution in [-0.4, -0.2) is 45.5 Å². The van der Waals surface area contributed by atoms with Gasteiger partial charge in [-0.3, -0.25) is 0 Å². The molecule has 0 saturated heterocycles.